The van der Waals surface area contributed by atoms with Crippen molar-refractivity contribution in [2.24, 2.45) is 0 Å². The SMILES string of the molecule is O=S(=O)(Cc1ccc(Cl)cc1)c1nc2ccccc2nc1NCc1ccccn1. The Labute approximate surface area is 173 Å². The van der Waals surface area contributed by atoms with Crippen LogP contribution in [-0.2, 0) is 22.1 Å². The lowest BCUT2D eigenvalue weighted by molar-refractivity contribution is 0.592. The minimum absolute atomic E-state index is 0.0814. The van der Waals surface area contributed by atoms with Gasteiger partial charge in [0.1, 0.15) is 0 Å². The van der Waals surface area contributed by atoms with Crippen LogP contribution < -0.4 is 5.32 Å². The molecule has 0 saturated carbocycles. The maximum atomic E-state index is 13.2. The van der Waals surface area contributed by atoms with Crippen LogP contribution >= 0.6 is 11.6 Å². The van der Waals surface area contributed by atoms with Crippen LogP contribution in [0.15, 0.2) is 78.0 Å². The summed E-state index contributed by atoms with van der Waals surface area (Å²) in [5.74, 6) is 0.0125. The van der Waals surface area contributed by atoms with Gasteiger partial charge in [-0.25, -0.2) is 18.4 Å². The largest absolute Gasteiger partial charge is 0.362 e. The van der Waals surface area contributed by atoms with Crippen molar-refractivity contribution in [3.63, 3.8) is 0 Å². The predicted octanol–water partition coefficient (Wildman–Crippen LogP) is 4.26. The Balaban J connectivity index is 1.73. The van der Waals surface area contributed by atoms with Crippen LogP contribution in [0.5, 0.6) is 0 Å². The zero-order chi connectivity index (χ0) is 20.3. The number of fused-ring (bicyclic) bond motifs is 1. The summed E-state index contributed by atoms with van der Waals surface area (Å²) in [7, 11) is -3.75. The second kappa shape index (κ2) is 8.14. The molecule has 0 unspecified atom stereocenters. The van der Waals surface area contributed by atoms with Gasteiger partial charge in [0, 0.05) is 11.2 Å². The van der Waals surface area contributed by atoms with Crippen molar-refractivity contribution in [3.8, 4) is 0 Å². The minimum Gasteiger partial charge on any atom is -0.362 e. The summed E-state index contributed by atoms with van der Waals surface area (Å²) < 4.78 is 26.3. The molecule has 2 heterocycles. The number of aromatic nitrogens is 3. The fraction of sp³-hybridized carbons (Fsp3) is 0.0952. The molecule has 146 valence electrons. The van der Waals surface area contributed by atoms with Gasteiger partial charge in [-0.05, 0) is 42.0 Å². The van der Waals surface area contributed by atoms with Crippen molar-refractivity contribution in [1.82, 2.24) is 15.0 Å². The lowest BCUT2D eigenvalue weighted by Gasteiger charge is -2.12. The summed E-state index contributed by atoms with van der Waals surface area (Å²) in [6, 6.07) is 19.4. The van der Waals surface area contributed by atoms with Crippen molar-refractivity contribution in [3.05, 3.63) is 89.2 Å². The standard InChI is InChI=1S/C21H17ClN4O2S/c22-16-10-8-15(9-11-16)14-29(27,28)21-20(24-13-17-5-3-4-12-23-17)25-18-6-1-2-7-19(18)26-21/h1-12H,13-14H2,(H,24,25). The van der Waals surface area contributed by atoms with Crippen LogP contribution in [0.1, 0.15) is 11.3 Å². The lowest BCUT2D eigenvalue weighted by atomic mass is 10.2. The molecular weight excluding hydrogens is 408 g/mol. The molecule has 4 aromatic rings. The number of rotatable bonds is 6. The first-order valence-electron chi connectivity index (χ1n) is 8.89. The molecule has 0 amide bonds. The Morgan fingerprint density at radius 2 is 1.55 bits per heavy atom. The van der Waals surface area contributed by atoms with Crippen molar-refractivity contribution in [1.29, 1.82) is 0 Å². The van der Waals surface area contributed by atoms with E-state index in [2.05, 4.69) is 20.3 Å². The van der Waals surface area contributed by atoms with E-state index in [0.717, 1.165) is 5.69 Å². The van der Waals surface area contributed by atoms with Crippen LogP contribution in [0.4, 0.5) is 5.82 Å². The Morgan fingerprint density at radius 1 is 0.862 bits per heavy atom. The van der Waals surface area contributed by atoms with Crippen LogP contribution in [0.2, 0.25) is 5.02 Å². The highest BCUT2D eigenvalue weighted by atomic mass is 35.5. The fourth-order valence-electron chi connectivity index (χ4n) is 2.86. The third kappa shape index (κ3) is 4.52. The van der Waals surface area contributed by atoms with Gasteiger partial charge >= 0.3 is 0 Å². The predicted molar refractivity (Wildman–Crippen MR) is 113 cm³/mol. The number of para-hydroxylation sites is 2. The molecule has 0 spiro atoms. The van der Waals surface area contributed by atoms with E-state index in [0.29, 0.717) is 28.2 Å². The second-order valence-corrected chi connectivity index (χ2v) is 8.77. The van der Waals surface area contributed by atoms with Gasteiger partial charge in [-0.3, -0.25) is 4.98 Å². The summed E-state index contributed by atoms with van der Waals surface area (Å²) in [5, 5.41) is 3.56. The first-order chi connectivity index (χ1) is 14.0. The van der Waals surface area contributed by atoms with Gasteiger partial charge in [0.25, 0.3) is 0 Å². The van der Waals surface area contributed by atoms with E-state index >= 15 is 0 Å². The molecular formula is C21H17ClN4O2S. The van der Waals surface area contributed by atoms with Crippen LogP contribution in [0.25, 0.3) is 11.0 Å². The Kier molecular flexibility index (Phi) is 5.42. The maximum Gasteiger partial charge on any atom is 0.203 e. The molecule has 6 nitrogen and oxygen atoms in total. The van der Waals surface area contributed by atoms with E-state index in [-0.39, 0.29) is 16.6 Å². The maximum absolute atomic E-state index is 13.2. The van der Waals surface area contributed by atoms with E-state index in [4.69, 9.17) is 11.6 Å². The van der Waals surface area contributed by atoms with Gasteiger partial charge in [-0.15, -0.1) is 0 Å². The summed E-state index contributed by atoms with van der Waals surface area (Å²) in [6.07, 6.45) is 1.68. The molecule has 0 aliphatic heterocycles. The van der Waals surface area contributed by atoms with E-state index in [9.17, 15) is 8.42 Å². The summed E-state index contributed by atoms with van der Waals surface area (Å²) in [6.45, 7) is 0.331. The number of halogens is 1. The van der Waals surface area contributed by atoms with Crippen molar-refractivity contribution in [2.75, 3.05) is 5.32 Å². The minimum atomic E-state index is -3.75. The first kappa shape index (κ1) is 19.3. The van der Waals surface area contributed by atoms with Gasteiger partial charge in [0.05, 0.1) is 29.0 Å². The lowest BCUT2D eigenvalue weighted by Crippen LogP contribution is -2.14. The summed E-state index contributed by atoms with van der Waals surface area (Å²) >= 11 is 5.90. The highest BCUT2D eigenvalue weighted by molar-refractivity contribution is 7.90. The molecule has 2 aromatic heterocycles. The van der Waals surface area contributed by atoms with Crippen molar-refractivity contribution < 1.29 is 8.42 Å². The zero-order valence-corrected chi connectivity index (χ0v) is 16.9. The molecule has 4 rings (SSSR count). The first-order valence-corrected chi connectivity index (χ1v) is 10.9. The topological polar surface area (TPSA) is 84.8 Å². The van der Waals surface area contributed by atoms with Crippen molar-refractivity contribution in [2.45, 2.75) is 17.3 Å². The van der Waals surface area contributed by atoms with Gasteiger partial charge in [0.2, 0.25) is 9.84 Å². The number of nitrogens with zero attached hydrogens (tertiary/aromatic N) is 3. The number of sulfone groups is 1. The molecule has 8 heteroatoms. The summed E-state index contributed by atoms with van der Waals surface area (Å²) in [4.78, 5) is 13.2. The smallest absolute Gasteiger partial charge is 0.203 e. The Bertz CT molecular complexity index is 1250. The Morgan fingerprint density at radius 3 is 2.24 bits per heavy atom. The number of pyridine rings is 1. The number of nitrogens with one attached hydrogen (secondary N) is 1. The van der Waals surface area contributed by atoms with Gasteiger partial charge in [-0.2, -0.15) is 0 Å². The molecule has 0 radical (unpaired) electrons. The van der Waals surface area contributed by atoms with Gasteiger partial charge in [0.15, 0.2) is 10.8 Å². The zero-order valence-electron chi connectivity index (χ0n) is 15.3. The van der Waals surface area contributed by atoms with Crippen LogP contribution in [0.3, 0.4) is 0 Å². The van der Waals surface area contributed by atoms with E-state index in [1.807, 2.05) is 24.3 Å². The quantitative estimate of drug-likeness (QED) is 0.497. The average molecular weight is 425 g/mol. The molecule has 2 aromatic carbocycles. The summed E-state index contributed by atoms with van der Waals surface area (Å²) in [5.41, 5.74) is 2.52. The normalized spacial score (nSPS) is 11.5. The second-order valence-electron chi connectivity index (χ2n) is 6.43. The van der Waals surface area contributed by atoms with Gasteiger partial charge < -0.3 is 5.32 Å². The molecule has 0 fully saturated rings. The number of hydrogen-bond donors (Lipinski definition) is 1. The van der Waals surface area contributed by atoms with E-state index < -0.39 is 9.84 Å². The van der Waals surface area contributed by atoms with Crippen LogP contribution in [0, 0.1) is 0 Å². The van der Waals surface area contributed by atoms with Gasteiger partial charge in [-0.1, -0.05) is 41.9 Å². The monoisotopic (exact) mass is 424 g/mol. The molecule has 1 N–H and O–H groups in total. The van der Waals surface area contributed by atoms with E-state index in [1.165, 1.54) is 0 Å². The molecule has 0 saturated heterocycles. The third-order valence-corrected chi connectivity index (χ3v) is 6.11. The fourth-order valence-corrected chi connectivity index (χ4v) is 4.41. The Hall–Kier alpha value is -3.03. The molecule has 0 atom stereocenters. The van der Waals surface area contributed by atoms with Crippen molar-refractivity contribution >= 4 is 38.3 Å². The highest BCUT2D eigenvalue weighted by Crippen LogP contribution is 2.25. The average Bonchev–Trinajstić information content (AvgIpc) is 2.74. The van der Waals surface area contributed by atoms with Crippen LogP contribution in [-0.4, -0.2) is 23.4 Å². The number of hydrogen-bond acceptors (Lipinski definition) is 6. The number of benzene rings is 2. The molecule has 29 heavy (non-hydrogen) atoms. The highest BCUT2D eigenvalue weighted by Gasteiger charge is 2.23. The molecule has 0 bridgehead atoms. The van der Waals surface area contributed by atoms with E-state index in [1.54, 1.807) is 48.7 Å². The molecule has 0 aliphatic rings. The third-order valence-electron chi connectivity index (χ3n) is 4.27. The number of anilines is 1. The molecule has 0 aliphatic carbocycles.